The smallest absolute Gasteiger partial charge is 0.127 e. The fourth-order valence-corrected chi connectivity index (χ4v) is 8.08. The number of allylic oxidation sites excluding steroid dienone is 4. The summed E-state index contributed by atoms with van der Waals surface area (Å²) in [6.45, 7) is 6.98. The molecular weight excluding hydrogens is 351 g/mol. The molecule has 4 rings (SSSR count). The summed E-state index contributed by atoms with van der Waals surface area (Å²) in [4.78, 5) is 0.304. The van der Waals surface area contributed by atoms with Gasteiger partial charge in [-0.25, -0.2) is 4.39 Å². The van der Waals surface area contributed by atoms with E-state index in [1.54, 1.807) is 0 Å². The number of fused-ring (bicyclic) bond motifs is 5. The van der Waals surface area contributed by atoms with Crippen LogP contribution in [0.2, 0.25) is 0 Å². The number of hydrogen-bond donors (Lipinski definition) is 0. The molecule has 0 aromatic heterocycles. The Balaban J connectivity index is 1.79. The van der Waals surface area contributed by atoms with Gasteiger partial charge in [-0.3, -0.25) is 0 Å². The van der Waals surface area contributed by atoms with Crippen LogP contribution in [0.1, 0.15) is 65.7 Å². The monoisotopic (exact) mass is 380 g/mol. The Morgan fingerprint density at radius 1 is 1.26 bits per heavy atom. The standard InChI is InChI=1S/C21H30BrF/c1-4-14-8-9-16-18-17(22)13-15-7-5-6-10-20(15,3)21(18,23)12-11-19(14,16)2/h6-7,10,14,16-18H,4-5,8-9,11-13H2,1-3H3/t14-,16-,17+,18+,19+,20-,21+/m0/s1. The van der Waals surface area contributed by atoms with Crippen molar-refractivity contribution in [3.63, 3.8) is 0 Å². The van der Waals surface area contributed by atoms with Crippen LogP contribution in [0.5, 0.6) is 0 Å². The maximum atomic E-state index is 16.7. The first-order chi connectivity index (χ1) is 10.9. The van der Waals surface area contributed by atoms with E-state index in [9.17, 15) is 0 Å². The number of hydrogen-bond acceptors (Lipinski definition) is 0. The third kappa shape index (κ3) is 1.94. The first-order valence-corrected chi connectivity index (χ1v) is 10.5. The molecular formula is C21H30BrF. The second-order valence-corrected chi connectivity index (χ2v) is 10.1. The lowest BCUT2D eigenvalue weighted by Crippen LogP contribution is -2.62. The molecule has 0 bridgehead atoms. The summed E-state index contributed by atoms with van der Waals surface area (Å²) in [6, 6.07) is 0. The van der Waals surface area contributed by atoms with Crippen LogP contribution in [0.25, 0.3) is 0 Å². The topological polar surface area (TPSA) is 0 Å². The highest BCUT2D eigenvalue weighted by molar-refractivity contribution is 9.09. The van der Waals surface area contributed by atoms with Gasteiger partial charge in [0.25, 0.3) is 0 Å². The summed E-state index contributed by atoms with van der Waals surface area (Å²) in [5.41, 5.74) is 0.256. The molecule has 0 radical (unpaired) electrons. The number of alkyl halides is 2. The summed E-state index contributed by atoms with van der Waals surface area (Å²) < 4.78 is 16.7. The summed E-state index contributed by atoms with van der Waals surface area (Å²) in [5.74, 6) is 1.51. The molecule has 0 aliphatic heterocycles. The van der Waals surface area contributed by atoms with E-state index < -0.39 is 5.67 Å². The normalized spacial score (nSPS) is 54.9. The van der Waals surface area contributed by atoms with Gasteiger partial charge in [0.05, 0.1) is 0 Å². The van der Waals surface area contributed by atoms with Gasteiger partial charge in [0, 0.05) is 16.2 Å². The van der Waals surface area contributed by atoms with Crippen LogP contribution in [-0.2, 0) is 0 Å². The van der Waals surface area contributed by atoms with Crippen molar-refractivity contribution < 1.29 is 4.39 Å². The second kappa shape index (κ2) is 5.19. The molecule has 0 saturated heterocycles. The Morgan fingerprint density at radius 3 is 2.78 bits per heavy atom. The third-order valence-corrected chi connectivity index (χ3v) is 9.27. The van der Waals surface area contributed by atoms with Crippen LogP contribution in [0.3, 0.4) is 0 Å². The van der Waals surface area contributed by atoms with Crippen molar-refractivity contribution in [2.24, 2.45) is 28.6 Å². The maximum absolute atomic E-state index is 16.7. The number of halogens is 2. The molecule has 7 atom stereocenters. The molecule has 0 aromatic rings. The van der Waals surface area contributed by atoms with E-state index in [0.717, 1.165) is 31.6 Å². The lowest BCUT2D eigenvalue weighted by molar-refractivity contribution is -0.122. The largest absolute Gasteiger partial charge is 0.242 e. The predicted octanol–water partition coefficient (Wildman–Crippen LogP) is 6.61. The Bertz CT molecular complexity index is 566. The van der Waals surface area contributed by atoms with Crippen molar-refractivity contribution in [1.82, 2.24) is 0 Å². The van der Waals surface area contributed by atoms with E-state index in [4.69, 9.17) is 0 Å². The fourth-order valence-electron chi connectivity index (χ4n) is 6.95. The van der Waals surface area contributed by atoms with Gasteiger partial charge in [-0.05, 0) is 62.7 Å². The SMILES string of the molecule is CC[C@H]1CC[C@H]2[C@@H]3[C@H](Br)CC4=CCC=C[C@]4(C)[C@@]3(F)CC[C@]12C. The van der Waals surface area contributed by atoms with Crippen molar-refractivity contribution in [3.05, 3.63) is 23.8 Å². The Hall–Kier alpha value is -0.110. The van der Waals surface area contributed by atoms with Crippen LogP contribution in [0, 0.1) is 28.6 Å². The van der Waals surface area contributed by atoms with Gasteiger partial charge in [0.15, 0.2) is 0 Å². The zero-order chi connectivity index (χ0) is 16.5. The molecule has 0 N–H and O–H groups in total. The average molecular weight is 381 g/mol. The summed E-state index contributed by atoms with van der Waals surface area (Å²) in [6.07, 6.45) is 14.3. The van der Waals surface area contributed by atoms with E-state index in [1.165, 1.54) is 24.8 Å². The molecule has 128 valence electrons. The molecule has 0 nitrogen and oxygen atoms in total. The lowest BCUT2D eigenvalue weighted by Gasteiger charge is -2.62. The third-order valence-electron chi connectivity index (χ3n) is 8.37. The predicted molar refractivity (Wildman–Crippen MR) is 98.5 cm³/mol. The highest BCUT2D eigenvalue weighted by atomic mass is 79.9. The van der Waals surface area contributed by atoms with Gasteiger partial charge >= 0.3 is 0 Å². The molecule has 3 fully saturated rings. The Kier molecular flexibility index (Phi) is 3.69. The summed E-state index contributed by atoms with van der Waals surface area (Å²) >= 11 is 3.95. The zero-order valence-electron chi connectivity index (χ0n) is 14.7. The maximum Gasteiger partial charge on any atom is 0.127 e. The summed E-state index contributed by atoms with van der Waals surface area (Å²) in [5, 5.41) is 0. The van der Waals surface area contributed by atoms with Gasteiger partial charge in [0.2, 0.25) is 0 Å². The van der Waals surface area contributed by atoms with Gasteiger partial charge in [-0.15, -0.1) is 0 Å². The molecule has 0 aromatic carbocycles. The van der Waals surface area contributed by atoms with Gasteiger partial charge in [-0.2, -0.15) is 0 Å². The van der Waals surface area contributed by atoms with Crippen molar-refractivity contribution in [2.75, 3.05) is 0 Å². The molecule has 4 aliphatic carbocycles. The first-order valence-electron chi connectivity index (χ1n) is 9.57. The Morgan fingerprint density at radius 2 is 2.04 bits per heavy atom. The van der Waals surface area contributed by atoms with E-state index in [0.29, 0.717) is 16.2 Å². The molecule has 0 unspecified atom stereocenters. The van der Waals surface area contributed by atoms with E-state index in [2.05, 4.69) is 54.9 Å². The van der Waals surface area contributed by atoms with Gasteiger partial charge in [-0.1, -0.05) is 60.0 Å². The number of rotatable bonds is 1. The molecule has 3 saturated carbocycles. The van der Waals surface area contributed by atoms with Crippen LogP contribution in [0.4, 0.5) is 4.39 Å². The second-order valence-electron chi connectivity index (χ2n) is 8.97. The quantitative estimate of drug-likeness (QED) is 0.354. The van der Waals surface area contributed by atoms with E-state index in [1.807, 2.05) is 0 Å². The molecule has 4 aliphatic rings. The van der Waals surface area contributed by atoms with E-state index in [-0.39, 0.29) is 11.3 Å². The highest BCUT2D eigenvalue weighted by Crippen LogP contribution is 2.70. The van der Waals surface area contributed by atoms with Crippen molar-refractivity contribution in [2.45, 2.75) is 76.2 Å². The van der Waals surface area contributed by atoms with Crippen molar-refractivity contribution >= 4 is 15.9 Å². The molecule has 23 heavy (non-hydrogen) atoms. The lowest BCUT2D eigenvalue weighted by atomic mass is 9.46. The van der Waals surface area contributed by atoms with Gasteiger partial charge < -0.3 is 0 Å². The molecule has 0 amide bonds. The average Bonchev–Trinajstić information content (AvgIpc) is 2.85. The minimum absolute atomic E-state index is 0.169. The molecule has 2 heteroatoms. The highest BCUT2D eigenvalue weighted by Gasteiger charge is 2.67. The Labute approximate surface area is 149 Å². The fraction of sp³-hybridized carbons (Fsp3) is 0.810. The van der Waals surface area contributed by atoms with Crippen LogP contribution >= 0.6 is 15.9 Å². The van der Waals surface area contributed by atoms with Crippen LogP contribution < -0.4 is 0 Å². The van der Waals surface area contributed by atoms with E-state index >= 15 is 4.39 Å². The van der Waals surface area contributed by atoms with Crippen LogP contribution in [-0.4, -0.2) is 10.5 Å². The van der Waals surface area contributed by atoms with Crippen molar-refractivity contribution in [1.29, 1.82) is 0 Å². The minimum atomic E-state index is -1.07. The summed E-state index contributed by atoms with van der Waals surface area (Å²) in [7, 11) is 0. The van der Waals surface area contributed by atoms with Crippen molar-refractivity contribution in [3.8, 4) is 0 Å². The first kappa shape index (κ1) is 16.4. The van der Waals surface area contributed by atoms with Gasteiger partial charge in [0.1, 0.15) is 5.67 Å². The zero-order valence-corrected chi connectivity index (χ0v) is 16.3. The van der Waals surface area contributed by atoms with Crippen LogP contribution in [0.15, 0.2) is 23.8 Å². The molecule has 0 spiro atoms. The minimum Gasteiger partial charge on any atom is -0.242 e. The molecule has 0 heterocycles.